The second-order valence-corrected chi connectivity index (χ2v) is 9.31. The molecule has 1 fully saturated rings. The molecule has 1 aliphatic rings. The van der Waals surface area contributed by atoms with E-state index in [-0.39, 0.29) is 16.7 Å². The molecule has 0 amide bonds. The molecule has 3 aromatic rings. The summed E-state index contributed by atoms with van der Waals surface area (Å²) in [6.45, 7) is 3.41. The molecule has 0 aliphatic carbocycles. The van der Waals surface area contributed by atoms with E-state index >= 15 is 4.39 Å². The molecule has 32 heavy (non-hydrogen) atoms. The van der Waals surface area contributed by atoms with Crippen molar-refractivity contribution in [2.45, 2.75) is 13.3 Å². The van der Waals surface area contributed by atoms with Gasteiger partial charge in [0.05, 0.1) is 41.2 Å². The first kappa shape index (κ1) is 22.1. The van der Waals surface area contributed by atoms with E-state index in [9.17, 15) is 17.6 Å². The molecule has 1 aromatic carbocycles. The number of H-pyrrole nitrogens is 1. The van der Waals surface area contributed by atoms with Crippen LogP contribution in [-0.4, -0.2) is 54.7 Å². The van der Waals surface area contributed by atoms with Gasteiger partial charge in [0, 0.05) is 18.7 Å². The first-order valence-corrected chi connectivity index (χ1v) is 11.6. The number of rotatable bonds is 9. The molecule has 9 nitrogen and oxygen atoms in total. The van der Waals surface area contributed by atoms with Gasteiger partial charge in [0.1, 0.15) is 23.6 Å². The largest absolute Gasteiger partial charge is 0.381 e. The van der Waals surface area contributed by atoms with Gasteiger partial charge in [-0.1, -0.05) is 6.92 Å². The van der Waals surface area contributed by atoms with Crippen molar-refractivity contribution in [3.05, 3.63) is 47.4 Å². The molecule has 3 heterocycles. The van der Waals surface area contributed by atoms with Gasteiger partial charge in [-0.15, -0.1) is 0 Å². The highest BCUT2D eigenvalue weighted by molar-refractivity contribution is 7.92. The van der Waals surface area contributed by atoms with Crippen molar-refractivity contribution in [1.29, 1.82) is 0 Å². The van der Waals surface area contributed by atoms with E-state index in [1.54, 1.807) is 6.92 Å². The van der Waals surface area contributed by atoms with Gasteiger partial charge in [0.2, 0.25) is 15.8 Å². The monoisotopic (exact) mass is 465 g/mol. The number of ether oxygens (including phenoxy) is 1. The number of nitrogens with zero attached hydrogens (tertiary/aromatic N) is 2. The van der Waals surface area contributed by atoms with E-state index in [4.69, 9.17) is 4.74 Å². The van der Waals surface area contributed by atoms with E-state index in [1.165, 1.54) is 12.5 Å². The van der Waals surface area contributed by atoms with Gasteiger partial charge in [-0.2, -0.15) is 0 Å². The molecule has 3 N–H and O–H groups in total. The Balaban J connectivity index is 1.72. The van der Waals surface area contributed by atoms with Crippen LogP contribution in [0.2, 0.25) is 0 Å². The number of hydrogen-bond donors (Lipinski definition) is 3. The van der Waals surface area contributed by atoms with E-state index in [0.29, 0.717) is 43.6 Å². The number of sulfonamides is 1. The topological polar surface area (TPSA) is 126 Å². The molecular weight excluding hydrogens is 444 g/mol. The number of nitrogens with one attached hydrogen (secondary N) is 3. The summed E-state index contributed by atoms with van der Waals surface area (Å²) in [6.07, 6.45) is 2.91. The maximum atomic E-state index is 15.1. The number of carbonyl (C=O) groups is 1. The Kier molecular flexibility index (Phi) is 6.07. The lowest BCUT2D eigenvalue weighted by molar-refractivity contribution is -0.0248. The molecule has 0 atom stereocenters. The van der Waals surface area contributed by atoms with Crippen LogP contribution in [0.15, 0.2) is 24.7 Å². The number of fused-ring (bicyclic) bond motifs is 1. The number of carbonyl (C=O) groups excluding carboxylic acids is 1. The smallest absolute Gasteiger partial charge is 0.232 e. The molecule has 4 rings (SSSR count). The van der Waals surface area contributed by atoms with Crippen molar-refractivity contribution >= 4 is 38.3 Å². The lowest BCUT2D eigenvalue weighted by Gasteiger charge is -2.26. The maximum absolute atomic E-state index is 15.1. The van der Waals surface area contributed by atoms with Crippen LogP contribution in [0.5, 0.6) is 0 Å². The zero-order valence-corrected chi connectivity index (χ0v) is 17.9. The van der Waals surface area contributed by atoms with E-state index < -0.39 is 38.7 Å². The number of anilines is 2. The van der Waals surface area contributed by atoms with Crippen molar-refractivity contribution in [3.8, 4) is 0 Å². The number of benzene rings is 1. The number of halogens is 2. The fourth-order valence-corrected chi connectivity index (χ4v) is 4.51. The van der Waals surface area contributed by atoms with Crippen molar-refractivity contribution in [2.75, 3.05) is 35.6 Å². The fraction of sp³-hybridized carbons (Fsp3) is 0.350. The quantitative estimate of drug-likeness (QED) is 0.415. The number of hydrogen-bond acceptors (Lipinski definition) is 7. The van der Waals surface area contributed by atoms with Gasteiger partial charge in [-0.05, 0) is 18.6 Å². The van der Waals surface area contributed by atoms with Crippen LogP contribution in [0.25, 0.3) is 11.0 Å². The van der Waals surface area contributed by atoms with Crippen molar-refractivity contribution in [1.82, 2.24) is 15.0 Å². The lowest BCUT2D eigenvalue weighted by atomic mass is 10.0. The number of aromatic amines is 1. The average Bonchev–Trinajstić information content (AvgIpc) is 3.14. The Hall–Kier alpha value is -3.12. The Morgan fingerprint density at radius 2 is 2.06 bits per heavy atom. The van der Waals surface area contributed by atoms with Crippen LogP contribution in [0.4, 0.5) is 20.3 Å². The third-order valence-electron chi connectivity index (χ3n) is 5.04. The molecule has 0 radical (unpaired) electrons. The standard InChI is InChI=1S/C20H21F2N5O4S/c1-2-5-32(29,30)27-14-4-3-13(21)16(17(14)22)18(28)12-7-24-20-15(12)19(25-10-26-20)23-6-11-8-31-9-11/h3-4,7,10-11,27H,2,5-6,8-9H2,1H3,(H2,23,24,25,26). The third-order valence-corrected chi connectivity index (χ3v) is 6.51. The molecule has 170 valence electrons. The minimum absolute atomic E-state index is 0.0423. The molecule has 1 saturated heterocycles. The fourth-order valence-electron chi connectivity index (χ4n) is 3.38. The minimum atomic E-state index is -3.84. The minimum Gasteiger partial charge on any atom is -0.381 e. The van der Waals surface area contributed by atoms with Gasteiger partial charge in [0.15, 0.2) is 5.82 Å². The summed E-state index contributed by atoms with van der Waals surface area (Å²) in [5.74, 6) is -2.98. The molecule has 0 saturated carbocycles. The number of ketones is 1. The van der Waals surface area contributed by atoms with Crippen molar-refractivity contribution in [2.24, 2.45) is 5.92 Å². The highest BCUT2D eigenvalue weighted by atomic mass is 32.2. The summed E-state index contributed by atoms with van der Waals surface area (Å²) < 4.78 is 60.9. The average molecular weight is 465 g/mol. The first-order valence-electron chi connectivity index (χ1n) is 9.97. The first-order chi connectivity index (χ1) is 15.3. The van der Waals surface area contributed by atoms with Crippen LogP contribution in [0.1, 0.15) is 29.3 Å². The van der Waals surface area contributed by atoms with Crippen LogP contribution in [-0.2, 0) is 14.8 Å². The predicted octanol–water partition coefficient (Wildman–Crippen LogP) is 2.68. The summed E-state index contributed by atoms with van der Waals surface area (Å²) >= 11 is 0. The second-order valence-electron chi connectivity index (χ2n) is 7.47. The van der Waals surface area contributed by atoms with Crippen LogP contribution in [0, 0.1) is 17.6 Å². The van der Waals surface area contributed by atoms with Gasteiger partial charge in [-0.25, -0.2) is 27.2 Å². The molecule has 0 spiro atoms. The van der Waals surface area contributed by atoms with Crippen molar-refractivity contribution in [3.63, 3.8) is 0 Å². The van der Waals surface area contributed by atoms with E-state index in [0.717, 1.165) is 12.1 Å². The van der Waals surface area contributed by atoms with Crippen LogP contribution in [0.3, 0.4) is 0 Å². The van der Waals surface area contributed by atoms with Crippen molar-refractivity contribution < 1.29 is 26.7 Å². The molecule has 1 aliphatic heterocycles. The van der Waals surface area contributed by atoms with Gasteiger partial charge >= 0.3 is 0 Å². The zero-order valence-electron chi connectivity index (χ0n) is 17.1. The van der Waals surface area contributed by atoms with Crippen LogP contribution >= 0.6 is 0 Å². The summed E-state index contributed by atoms with van der Waals surface area (Å²) in [7, 11) is -3.84. The summed E-state index contributed by atoms with van der Waals surface area (Å²) in [6, 6.07) is 1.79. The predicted molar refractivity (Wildman–Crippen MR) is 114 cm³/mol. The van der Waals surface area contributed by atoms with E-state index in [2.05, 4.69) is 25.0 Å². The molecule has 0 unspecified atom stereocenters. The maximum Gasteiger partial charge on any atom is 0.232 e. The normalized spacial score (nSPS) is 14.3. The van der Waals surface area contributed by atoms with Gasteiger partial charge in [0.25, 0.3) is 0 Å². The number of aromatic nitrogens is 3. The summed E-state index contributed by atoms with van der Waals surface area (Å²) in [4.78, 5) is 24.2. The summed E-state index contributed by atoms with van der Waals surface area (Å²) in [5.41, 5.74) is -1.09. The second kappa shape index (κ2) is 8.79. The lowest BCUT2D eigenvalue weighted by Crippen LogP contribution is -2.33. The summed E-state index contributed by atoms with van der Waals surface area (Å²) in [5, 5.41) is 3.41. The van der Waals surface area contributed by atoms with Crippen LogP contribution < -0.4 is 10.0 Å². The van der Waals surface area contributed by atoms with Gasteiger partial charge < -0.3 is 15.0 Å². The SMILES string of the molecule is CCCS(=O)(=O)Nc1ccc(F)c(C(=O)c2c[nH]c3ncnc(NCC4COC4)c23)c1F. The zero-order chi connectivity index (χ0) is 22.9. The Morgan fingerprint density at radius 3 is 2.75 bits per heavy atom. The Morgan fingerprint density at radius 1 is 1.28 bits per heavy atom. The highest BCUT2D eigenvalue weighted by Gasteiger charge is 2.27. The molecule has 2 aromatic heterocycles. The van der Waals surface area contributed by atoms with Gasteiger partial charge in [-0.3, -0.25) is 9.52 Å². The van der Waals surface area contributed by atoms with E-state index in [1.807, 2.05) is 0 Å². The Labute approximate surface area is 182 Å². The molecule has 0 bridgehead atoms. The highest BCUT2D eigenvalue weighted by Crippen LogP contribution is 2.30. The Bertz CT molecular complexity index is 1270. The molecular formula is C20H21F2N5O4S. The third kappa shape index (κ3) is 4.28. The molecule has 12 heteroatoms.